The van der Waals surface area contributed by atoms with Crippen LogP contribution in [0.4, 0.5) is 0 Å². The molecule has 0 aromatic heterocycles. The molecule has 1 rings (SSSR count). The average Bonchev–Trinajstić information content (AvgIpc) is 2.25. The molecule has 0 aliphatic carbocycles. The van der Waals surface area contributed by atoms with Crippen LogP contribution in [-0.2, 0) is 24.5 Å². The van der Waals surface area contributed by atoms with Gasteiger partial charge >= 0.3 is 29.6 Å². The van der Waals surface area contributed by atoms with E-state index in [1.165, 1.54) is 0 Å². The van der Waals surface area contributed by atoms with Crippen molar-refractivity contribution in [1.29, 1.82) is 0 Å². The Balaban J connectivity index is 0.00000169. The SMILES string of the molecule is CON1C(=O)CC(S(=O)(=O)[O-])C1=O.[Na+]. The van der Waals surface area contributed by atoms with E-state index >= 15 is 0 Å². The normalized spacial score (nSPS) is 22.4. The van der Waals surface area contributed by atoms with Crippen LogP contribution in [-0.4, -0.2) is 42.2 Å². The van der Waals surface area contributed by atoms with Gasteiger partial charge in [0.25, 0.3) is 11.8 Å². The molecule has 0 spiro atoms. The number of hydrogen-bond donors (Lipinski definition) is 0. The molecular weight excluding hydrogens is 225 g/mol. The third-order valence-corrected chi connectivity index (χ3v) is 2.66. The fraction of sp³-hybridized carbons (Fsp3) is 0.600. The van der Waals surface area contributed by atoms with E-state index in [1.54, 1.807) is 0 Å². The molecule has 1 aliphatic rings. The number of rotatable bonds is 2. The first-order chi connectivity index (χ1) is 5.88. The summed E-state index contributed by atoms with van der Waals surface area (Å²) >= 11 is 0. The number of hydrogen-bond acceptors (Lipinski definition) is 6. The third-order valence-electron chi connectivity index (χ3n) is 1.59. The maximum atomic E-state index is 11.0. The van der Waals surface area contributed by atoms with Crippen molar-refractivity contribution >= 4 is 21.9 Å². The van der Waals surface area contributed by atoms with Crippen molar-refractivity contribution in [1.82, 2.24) is 5.06 Å². The van der Waals surface area contributed by atoms with Crippen LogP contribution in [0, 0.1) is 0 Å². The maximum Gasteiger partial charge on any atom is 1.00 e. The van der Waals surface area contributed by atoms with Crippen LogP contribution in [0.15, 0.2) is 0 Å². The maximum absolute atomic E-state index is 11.0. The average molecular weight is 231 g/mol. The van der Waals surface area contributed by atoms with Gasteiger partial charge in [-0.05, 0) is 0 Å². The van der Waals surface area contributed by atoms with Crippen LogP contribution in [0.5, 0.6) is 0 Å². The minimum atomic E-state index is -4.77. The monoisotopic (exact) mass is 231 g/mol. The molecule has 1 aliphatic heterocycles. The van der Waals surface area contributed by atoms with E-state index in [4.69, 9.17) is 0 Å². The van der Waals surface area contributed by atoms with Crippen molar-refractivity contribution in [3.63, 3.8) is 0 Å². The number of nitrogens with zero attached hydrogens (tertiary/aromatic N) is 1. The number of imide groups is 1. The molecule has 1 heterocycles. The molecule has 0 radical (unpaired) electrons. The first-order valence-electron chi connectivity index (χ1n) is 3.23. The van der Waals surface area contributed by atoms with Gasteiger partial charge in [-0.3, -0.25) is 14.4 Å². The molecule has 2 amide bonds. The Bertz CT molecular complexity index is 351. The van der Waals surface area contributed by atoms with Crippen LogP contribution >= 0.6 is 0 Å². The smallest absolute Gasteiger partial charge is 0.747 e. The topological polar surface area (TPSA) is 104 Å². The van der Waals surface area contributed by atoms with E-state index in [1.807, 2.05) is 0 Å². The third kappa shape index (κ3) is 2.53. The summed E-state index contributed by atoms with van der Waals surface area (Å²) in [5.41, 5.74) is 0. The van der Waals surface area contributed by atoms with E-state index in [9.17, 15) is 22.6 Å². The Hall–Kier alpha value is 0.01000. The van der Waals surface area contributed by atoms with Crippen molar-refractivity contribution in [3.8, 4) is 0 Å². The number of amides is 2. The van der Waals surface area contributed by atoms with E-state index in [-0.39, 0.29) is 34.6 Å². The Labute approximate surface area is 102 Å². The number of carbonyl (C=O) groups is 2. The first kappa shape index (κ1) is 14.0. The van der Waals surface area contributed by atoms with Crippen molar-refractivity contribution in [2.24, 2.45) is 0 Å². The second kappa shape index (κ2) is 4.69. The molecule has 1 unspecified atom stereocenters. The first-order valence-corrected chi connectivity index (χ1v) is 4.70. The zero-order chi connectivity index (χ0) is 10.2. The largest absolute Gasteiger partial charge is 1.00 e. The minimum Gasteiger partial charge on any atom is -0.747 e. The van der Waals surface area contributed by atoms with Crippen LogP contribution in [0.3, 0.4) is 0 Å². The Morgan fingerprint density at radius 2 is 2.00 bits per heavy atom. The summed E-state index contributed by atoms with van der Waals surface area (Å²) in [5.74, 6) is -1.94. The fourth-order valence-electron chi connectivity index (χ4n) is 1.000. The summed E-state index contributed by atoms with van der Waals surface area (Å²) in [7, 11) is -3.73. The second-order valence-corrected chi connectivity index (χ2v) is 3.95. The van der Waals surface area contributed by atoms with E-state index in [0.717, 1.165) is 7.11 Å². The van der Waals surface area contributed by atoms with Crippen LogP contribution in [0.2, 0.25) is 0 Å². The van der Waals surface area contributed by atoms with Gasteiger partial charge in [-0.25, -0.2) is 8.42 Å². The van der Waals surface area contributed by atoms with Gasteiger partial charge in [0.2, 0.25) is 0 Å². The van der Waals surface area contributed by atoms with Gasteiger partial charge in [0.1, 0.15) is 15.4 Å². The summed E-state index contributed by atoms with van der Waals surface area (Å²) < 4.78 is 31.3. The molecule has 0 aromatic rings. The van der Waals surface area contributed by atoms with Crippen LogP contribution < -0.4 is 29.6 Å². The predicted molar refractivity (Wildman–Crippen MR) is 37.0 cm³/mol. The Kier molecular flexibility index (Phi) is 4.69. The molecule has 0 N–H and O–H groups in total. The van der Waals surface area contributed by atoms with E-state index < -0.39 is 33.6 Å². The van der Waals surface area contributed by atoms with Gasteiger partial charge in [-0.2, -0.15) is 5.06 Å². The summed E-state index contributed by atoms with van der Waals surface area (Å²) in [6.45, 7) is 0. The minimum absolute atomic E-state index is 0. The van der Waals surface area contributed by atoms with Crippen molar-refractivity contribution < 1.29 is 57.0 Å². The van der Waals surface area contributed by atoms with E-state index in [2.05, 4.69) is 4.84 Å². The quantitative estimate of drug-likeness (QED) is 0.268. The van der Waals surface area contributed by atoms with Gasteiger partial charge in [0, 0.05) is 0 Å². The van der Waals surface area contributed by atoms with Crippen molar-refractivity contribution in [2.45, 2.75) is 11.7 Å². The molecule has 7 nitrogen and oxygen atoms in total. The molecule has 1 saturated heterocycles. The summed E-state index contributed by atoms with van der Waals surface area (Å²) in [4.78, 5) is 26.1. The predicted octanol–water partition coefficient (Wildman–Crippen LogP) is -4.78. The van der Waals surface area contributed by atoms with Crippen molar-refractivity contribution in [3.05, 3.63) is 0 Å². The van der Waals surface area contributed by atoms with Gasteiger partial charge < -0.3 is 4.55 Å². The molecule has 0 bridgehead atoms. The zero-order valence-corrected chi connectivity index (χ0v) is 10.4. The molecule has 0 saturated carbocycles. The molecule has 74 valence electrons. The molecule has 1 atom stereocenters. The van der Waals surface area contributed by atoms with Gasteiger partial charge in [-0.15, -0.1) is 0 Å². The Morgan fingerprint density at radius 3 is 2.21 bits per heavy atom. The van der Waals surface area contributed by atoms with Crippen LogP contribution in [0.25, 0.3) is 0 Å². The zero-order valence-electron chi connectivity index (χ0n) is 7.59. The van der Waals surface area contributed by atoms with Gasteiger partial charge in [-0.1, -0.05) is 0 Å². The molecule has 14 heavy (non-hydrogen) atoms. The van der Waals surface area contributed by atoms with Gasteiger partial charge in [0.05, 0.1) is 13.5 Å². The summed E-state index contributed by atoms with van der Waals surface area (Å²) in [5, 5.41) is -1.56. The molecule has 1 fully saturated rings. The second-order valence-electron chi connectivity index (χ2n) is 2.39. The number of carbonyl (C=O) groups excluding carboxylic acids is 2. The standard InChI is InChI=1S/C5H7NO6S.Na/c1-12-6-4(7)2-3(5(6)8)13(9,10)11;/h3H,2H2,1H3,(H,9,10,11);/q;+1/p-1. The Morgan fingerprint density at radius 1 is 1.50 bits per heavy atom. The molecule has 9 heteroatoms. The summed E-state index contributed by atoms with van der Waals surface area (Å²) in [6.07, 6.45) is -0.640. The molecular formula is C5H6NNaO6S. The number of hydroxylamine groups is 2. The summed E-state index contributed by atoms with van der Waals surface area (Å²) in [6, 6.07) is 0. The van der Waals surface area contributed by atoms with Crippen molar-refractivity contribution in [2.75, 3.05) is 7.11 Å². The van der Waals surface area contributed by atoms with Crippen LogP contribution in [0.1, 0.15) is 6.42 Å². The molecule has 0 aromatic carbocycles. The van der Waals surface area contributed by atoms with Gasteiger partial charge in [0.15, 0.2) is 0 Å². The fourth-order valence-corrected chi connectivity index (χ4v) is 1.69. The van der Waals surface area contributed by atoms with E-state index in [0.29, 0.717) is 0 Å².